The van der Waals surface area contributed by atoms with Crippen LogP contribution in [0.1, 0.15) is 16.2 Å². The number of nitrogens with one attached hydrogen (secondary N) is 1. The van der Waals surface area contributed by atoms with Gasteiger partial charge < -0.3 is 10.2 Å². The lowest BCUT2D eigenvalue weighted by Gasteiger charge is -2.10. The Morgan fingerprint density at radius 1 is 1.28 bits per heavy atom. The van der Waals surface area contributed by atoms with Crippen LogP contribution in [0.4, 0.5) is 19.0 Å². The topological polar surface area (TPSA) is 93.2 Å². The first-order chi connectivity index (χ1) is 11.8. The van der Waals surface area contributed by atoms with E-state index in [2.05, 4.69) is 25.7 Å². The molecular weight excluding hydrogens is 341 g/mol. The molecule has 3 heterocycles. The van der Waals surface area contributed by atoms with Crippen LogP contribution in [0.25, 0.3) is 5.65 Å². The Balaban J connectivity index is 1.75. The van der Waals surface area contributed by atoms with E-state index in [9.17, 15) is 18.0 Å². The normalized spacial score (nSPS) is 11.7. The molecule has 0 aromatic carbocycles. The van der Waals surface area contributed by atoms with Crippen LogP contribution in [0.15, 0.2) is 24.5 Å². The van der Waals surface area contributed by atoms with Crippen molar-refractivity contribution in [3.63, 3.8) is 0 Å². The number of carbonyl (C=O) groups excluding carboxylic acids is 1. The first kappa shape index (κ1) is 16.7. The Kier molecular flexibility index (Phi) is 4.02. The summed E-state index contributed by atoms with van der Waals surface area (Å²) in [6, 6.07) is 3.48. The number of rotatable bonds is 4. The highest BCUT2D eigenvalue weighted by Crippen LogP contribution is 2.21. The van der Waals surface area contributed by atoms with Gasteiger partial charge in [0.15, 0.2) is 11.5 Å². The van der Waals surface area contributed by atoms with Crippen molar-refractivity contribution >= 4 is 17.4 Å². The zero-order chi connectivity index (χ0) is 18.2. The van der Waals surface area contributed by atoms with E-state index in [-0.39, 0.29) is 16.8 Å². The lowest BCUT2D eigenvalue weighted by molar-refractivity contribution is -0.212. The molecule has 25 heavy (non-hydrogen) atoms. The number of hydrogen-bond acceptors (Lipinski definition) is 6. The molecule has 12 heteroatoms. The molecule has 3 rings (SSSR count). The van der Waals surface area contributed by atoms with Gasteiger partial charge in [-0.1, -0.05) is 0 Å². The van der Waals surface area contributed by atoms with E-state index >= 15 is 0 Å². The molecule has 0 aliphatic rings. The van der Waals surface area contributed by atoms with Crippen LogP contribution >= 0.6 is 0 Å². The summed E-state index contributed by atoms with van der Waals surface area (Å²) in [5.41, 5.74) is 0.271. The first-order valence-electron chi connectivity index (χ1n) is 7.04. The molecule has 0 radical (unpaired) electrons. The number of alkyl halides is 3. The average Bonchev–Trinajstić information content (AvgIpc) is 3.19. The van der Waals surface area contributed by atoms with E-state index in [1.165, 1.54) is 4.52 Å². The Hall–Kier alpha value is -3.18. The van der Waals surface area contributed by atoms with Gasteiger partial charge in [0.25, 0.3) is 5.91 Å². The minimum atomic E-state index is -4.67. The van der Waals surface area contributed by atoms with Gasteiger partial charge in [-0.25, -0.2) is 0 Å². The summed E-state index contributed by atoms with van der Waals surface area (Å²) in [6.07, 6.45) is -3.22. The summed E-state index contributed by atoms with van der Waals surface area (Å²) in [7, 11) is 3.64. The highest BCUT2D eigenvalue weighted by atomic mass is 19.4. The Morgan fingerprint density at radius 2 is 2.04 bits per heavy atom. The highest BCUT2D eigenvalue weighted by Gasteiger charge is 2.32. The second-order valence-electron chi connectivity index (χ2n) is 5.30. The van der Waals surface area contributed by atoms with Crippen LogP contribution in [0, 0.1) is 0 Å². The second-order valence-corrected chi connectivity index (χ2v) is 5.30. The number of aromatic nitrogens is 6. The lowest BCUT2D eigenvalue weighted by atomic mass is 10.3. The predicted molar refractivity (Wildman–Crippen MR) is 79.8 cm³/mol. The Labute approximate surface area is 139 Å². The summed E-state index contributed by atoms with van der Waals surface area (Å²) < 4.78 is 38.7. The molecule has 1 amide bonds. The number of carbonyl (C=O) groups is 1. The number of nitrogens with zero attached hydrogens (tertiary/aromatic N) is 7. The maximum absolute atomic E-state index is 12.5. The van der Waals surface area contributed by atoms with E-state index in [1.807, 2.05) is 14.1 Å². The van der Waals surface area contributed by atoms with Crippen LogP contribution in [0.5, 0.6) is 0 Å². The monoisotopic (exact) mass is 354 g/mol. The predicted octanol–water partition coefficient (Wildman–Crippen LogP) is 0.793. The SMILES string of the molecule is CN(C)c1ccc2nnc(CNC(=O)c3cnn(C(F)(F)F)c3)n2n1. The Morgan fingerprint density at radius 3 is 2.68 bits per heavy atom. The second kappa shape index (κ2) is 6.03. The van der Waals surface area contributed by atoms with Gasteiger partial charge in [-0.05, 0) is 12.1 Å². The van der Waals surface area contributed by atoms with E-state index in [1.54, 1.807) is 17.0 Å². The summed E-state index contributed by atoms with van der Waals surface area (Å²) in [5.74, 6) is 0.289. The van der Waals surface area contributed by atoms with Crippen molar-refractivity contribution in [1.82, 2.24) is 34.9 Å². The molecule has 1 N–H and O–H groups in total. The smallest absolute Gasteiger partial charge is 0.361 e. The summed E-state index contributed by atoms with van der Waals surface area (Å²) in [5, 5.41) is 17.8. The summed E-state index contributed by atoms with van der Waals surface area (Å²) >= 11 is 0. The van der Waals surface area contributed by atoms with Crippen LogP contribution in [0.3, 0.4) is 0 Å². The molecule has 0 spiro atoms. The highest BCUT2D eigenvalue weighted by molar-refractivity contribution is 5.93. The van der Waals surface area contributed by atoms with Crippen molar-refractivity contribution in [2.45, 2.75) is 12.8 Å². The number of hydrogen-bond donors (Lipinski definition) is 1. The number of anilines is 1. The molecule has 0 saturated heterocycles. The lowest BCUT2D eigenvalue weighted by Crippen LogP contribution is -2.24. The van der Waals surface area contributed by atoms with Crippen LogP contribution in [-0.4, -0.2) is 49.6 Å². The molecule has 9 nitrogen and oxygen atoms in total. The summed E-state index contributed by atoms with van der Waals surface area (Å²) in [6.45, 7) is -0.0545. The fourth-order valence-corrected chi connectivity index (χ4v) is 2.01. The zero-order valence-corrected chi connectivity index (χ0v) is 13.2. The molecule has 3 aromatic rings. The maximum atomic E-state index is 12.5. The van der Waals surface area contributed by atoms with Crippen molar-refractivity contribution in [2.75, 3.05) is 19.0 Å². The average molecular weight is 354 g/mol. The van der Waals surface area contributed by atoms with Gasteiger partial charge in [-0.15, -0.1) is 28.5 Å². The molecule has 0 fully saturated rings. The van der Waals surface area contributed by atoms with Gasteiger partial charge in [-0.3, -0.25) is 4.79 Å². The first-order valence-corrected chi connectivity index (χ1v) is 7.04. The minimum absolute atomic E-state index is 0.0545. The third-order valence-corrected chi connectivity index (χ3v) is 3.28. The van der Waals surface area contributed by atoms with Crippen molar-refractivity contribution in [3.8, 4) is 0 Å². The number of amides is 1. The third-order valence-electron chi connectivity index (χ3n) is 3.28. The number of halogens is 3. The van der Waals surface area contributed by atoms with Crippen molar-refractivity contribution in [1.29, 1.82) is 0 Å². The van der Waals surface area contributed by atoms with Gasteiger partial charge in [0.05, 0.1) is 18.3 Å². The van der Waals surface area contributed by atoms with E-state index in [0.29, 0.717) is 23.5 Å². The van der Waals surface area contributed by atoms with E-state index in [0.717, 1.165) is 6.20 Å². The van der Waals surface area contributed by atoms with Gasteiger partial charge in [0, 0.05) is 20.3 Å². The quantitative estimate of drug-likeness (QED) is 0.745. The molecule has 0 aliphatic heterocycles. The van der Waals surface area contributed by atoms with Crippen molar-refractivity contribution in [2.24, 2.45) is 0 Å². The van der Waals surface area contributed by atoms with Crippen LogP contribution in [0.2, 0.25) is 0 Å². The van der Waals surface area contributed by atoms with Crippen LogP contribution < -0.4 is 10.2 Å². The van der Waals surface area contributed by atoms with Crippen LogP contribution in [-0.2, 0) is 12.8 Å². The molecule has 0 atom stereocenters. The number of fused-ring (bicyclic) bond motifs is 1. The molecule has 0 bridgehead atoms. The maximum Gasteiger partial charge on any atom is 0.504 e. The van der Waals surface area contributed by atoms with Gasteiger partial charge >= 0.3 is 6.30 Å². The minimum Gasteiger partial charge on any atom is -0.361 e. The molecule has 3 aromatic heterocycles. The largest absolute Gasteiger partial charge is 0.504 e. The Bertz CT molecular complexity index is 914. The van der Waals surface area contributed by atoms with Gasteiger partial charge in [0.1, 0.15) is 5.82 Å². The zero-order valence-electron chi connectivity index (χ0n) is 13.2. The van der Waals surface area contributed by atoms with Gasteiger partial charge in [0.2, 0.25) is 0 Å². The molecule has 0 saturated carbocycles. The molecule has 0 aliphatic carbocycles. The molecule has 0 unspecified atom stereocenters. The fraction of sp³-hybridized carbons (Fsp3) is 0.308. The van der Waals surface area contributed by atoms with E-state index in [4.69, 9.17) is 0 Å². The standard InChI is InChI=1S/C13H13F3N8O/c1-22(2)10-4-3-9-19-20-11(24(9)21-10)6-17-12(25)8-5-18-23(7-8)13(14,15)16/h3-5,7H,6H2,1-2H3,(H,17,25). The van der Waals surface area contributed by atoms with Crippen molar-refractivity contribution < 1.29 is 18.0 Å². The van der Waals surface area contributed by atoms with Crippen molar-refractivity contribution in [3.05, 3.63) is 35.9 Å². The molecular formula is C13H13F3N8O. The van der Waals surface area contributed by atoms with E-state index < -0.39 is 12.2 Å². The van der Waals surface area contributed by atoms with Gasteiger partial charge in [-0.2, -0.15) is 14.3 Å². The molecule has 132 valence electrons. The summed E-state index contributed by atoms with van der Waals surface area (Å²) in [4.78, 5) is 13.8. The third kappa shape index (κ3) is 3.36. The fourth-order valence-electron chi connectivity index (χ4n) is 2.01.